The summed E-state index contributed by atoms with van der Waals surface area (Å²) in [6.45, 7) is 1.95. The Hall–Kier alpha value is -1.90. The molecule has 5 heteroatoms. The highest BCUT2D eigenvalue weighted by Gasteiger charge is 2.01. The number of carbonyl (C=O) groups excluding carboxylic acids is 1. The molecule has 0 aromatic heterocycles. The third-order valence-electron chi connectivity index (χ3n) is 2.98. The van der Waals surface area contributed by atoms with E-state index in [2.05, 4.69) is 0 Å². The molecule has 1 unspecified atom stereocenters. The zero-order chi connectivity index (χ0) is 15.2. The topological polar surface area (TPSA) is 63.6 Å². The van der Waals surface area contributed by atoms with Gasteiger partial charge in [0.05, 0.1) is 0 Å². The lowest BCUT2D eigenvalue weighted by atomic mass is 10.1. The molecule has 0 fully saturated rings. The lowest BCUT2D eigenvalue weighted by Gasteiger charge is -2.07. The highest BCUT2D eigenvalue weighted by molar-refractivity contribution is 7.47. The number of benzene rings is 2. The number of hydrogen-bond donors (Lipinski definition) is 1. The van der Waals surface area contributed by atoms with Crippen molar-refractivity contribution in [3.8, 4) is 5.75 Å². The molecule has 0 radical (unpaired) electrons. The van der Waals surface area contributed by atoms with Gasteiger partial charge in [-0.05, 0) is 42.3 Å². The Morgan fingerprint density at radius 3 is 2.14 bits per heavy atom. The van der Waals surface area contributed by atoms with E-state index >= 15 is 0 Å². The van der Waals surface area contributed by atoms with Crippen molar-refractivity contribution in [3.63, 3.8) is 0 Å². The minimum Gasteiger partial charge on any atom is -0.489 e. The first kappa shape index (κ1) is 15.5. The van der Waals surface area contributed by atoms with Gasteiger partial charge in [-0.3, -0.25) is 9.36 Å². The molecule has 0 saturated carbocycles. The van der Waals surface area contributed by atoms with E-state index in [1.54, 1.807) is 31.2 Å². The van der Waals surface area contributed by atoms with Gasteiger partial charge in [-0.1, -0.05) is 24.3 Å². The fourth-order valence-corrected chi connectivity index (χ4v) is 2.35. The summed E-state index contributed by atoms with van der Waals surface area (Å²) in [5, 5.41) is 0.442. The van der Waals surface area contributed by atoms with E-state index in [0.717, 1.165) is 16.9 Å². The van der Waals surface area contributed by atoms with Crippen LogP contribution in [0.15, 0.2) is 48.5 Å². The van der Waals surface area contributed by atoms with Crippen LogP contribution in [-0.4, -0.2) is 10.7 Å². The average molecular weight is 304 g/mol. The van der Waals surface area contributed by atoms with Crippen LogP contribution in [0.3, 0.4) is 0 Å². The van der Waals surface area contributed by atoms with Crippen molar-refractivity contribution in [2.24, 2.45) is 0 Å². The molecule has 0 aliphatic carbocycles. The van der Waals surface area contributed by atoms with Gasteiger partial charge in [0.1, 0.15) is 18.1 Å². The highest BCUT2D eigenvalue weighted by atomic mass is 31.1. The van der Waals surface area contributed by atoms with Crippen molar-refractivity contribution in [1.29, 1.82) is 0 Å². The SMILES string of the molecule is CC(=O)Cc1ccc(OCc2ccc([PH](=O)O)cc2)cc1. The molecule has 2 aromatic carbocycles. The first-order chi connectivity index (χ1) is 10.0. The summed E-state index contributed by atoms with van der Waals surface area (Å²) in [5.74, 6) is 0.856. The second kappa shape index (κ2) is 7.21. The number of carbonyl (C=O) groups is 1. The van der Waals surface area contributed by atoms with Crippen LogP contribution in [0.2, 0.25) is 0 Å². The van der Waals surface area contributed by atoms with Crippen molar-refractivity contribution in [3.05, 3.63) is 59.7 Å². The third-order valence-corrected chi connectivity index (χ3v) is 3.81. The molecular weight excluding hydrogens is 287 g/mol. The molecule has 1 N–H and O–H groups in total. The molecular formula is C16H17O4P. The lowest BCUT2D eigenvalue weighted by molar-refractivity contribution is -0.116. The van der Waals surface area contributed by atoms with E-state index in [0.29, 0.717) is 18.3 Å². The Balaban J connectivity index is 1.93. The molecule has 0 aliphatic rings. The van der Waals surface area contributed by atoms with E-state index in [1.165, 1.54) is 0 Å². The number of ether oxygens (including phenoxy) is 1. The van der Waals surface area contributed by atoms with Crippen LogP contribution in [0, 0.1) is 0 Å². The standard InChI is InChI=1S/C16H17O4P/c1-12(17)10-13-2-6-15(7-3-13)20-11-14-4-8-16(9-5-14)21(18)19/h2-9,21H,10-11H2,1H3,(H,18,19). The minimum atomic E-state index is -2.63. The number of ketones is 1. The summed E-state index contributed by atoms with van der Waals surface area (Å²) in [7, 11) is -2.63. The summed E-state index contributed by atoms with van der Waals surface area (Å²) in [4.78, 5) is 20.0. The van der Waals surface area contributed by atoms with Crippen molar-refractivity contribution in [1.82, 2.24) is 0 Å². The molecule has 0 aliphatic heterocycles. The summed E-state index contributed by atoms with van der Waals surface area (Å²) in [5.41, 5.74) is 1.89. The molecule has 0 bridgehead atoms. The van der Waals surface area contributed by atoms with Crippen LogP contribution in [0.4, 0.5) is 0 Å². The van der Waals surface area contributed by atoms with Crippen molar-refractivity contribution in [2.45, 2.75) is 20.0 Å². The average Bonchev–Trinajstić information content (AvgIpc) is 2.46. The largest absolute Gasteiger partial charge is 0.489 e. The van der Waals surface area contributed by atoms with Crippen LogP contribution in [0.1, 0.15) is 18.1 Å². The van der Waals surface area contributed by atoms with Gasteiger partial charge in [-0.2, -0.15) is 0 Å². The lowest BCUT2D eigenvalue weighted by Crippen LogP contribution is -2.00. The third kappa shape index (κ3) is 4.85. The van der Waals surface area contributed by atoms with Gasteiger partial charge in [-0.15, -0.1) is 0 Å². The fraction of sp³-hybridized carbons (Fsp3) is 0.188. The zero-order valence-electron chi connectivity index (χ0n) is 11.7. The van der Waals surface area contributed by atoms with Crippen LogP contribution >= 0.6 is 8.03 Å². The van der Waals surface area contributed by atoms with Crippen molar-refractivity contribution in [2.75, 3.05) is 0 Å². The van der Waals surface area contributed by atoms with Gasteiger partial charge < -0.3 is 9.63 Å². The predicted molar refractivity (Wildman–Crippen MR) is 82.5 cm³/mol. The molecule has 0 spiro atoms. The van der Waals surface area contributed by atoms with Crippen LogP contribution in [0.5, 0.6) is 5.75 Å². The summed E-state index contributed by atoms with van der Waals surface area (Å²) < 4.78 is 16.6. The summed E-state index contributed by atoms with van der Waals surface area (Å²) >= 11 is 0. The predicted octanol–water partition coefficient (Wildman–Crippen LogP) is 2.49. The van der Waals surface area contributed by atoms with Gasteiger partial charge in [0, 0.05) is 11.7 Å². The Kier molecular flexibility index (Phi) is 5.32. The molecule has 0 saturated heterocycles. The van der Waals surface area contributed by atoms with E-state index in [4.69, 9.17) is 9.63 Å². The maximum absolute atomic E-state index is 11.0. The molecule has 4 nitrogen and oxygen atoms in total. The normalized spacial score (nSPS) is 11.9. The number of rotatable bonds is 6. The molecule has 2 rings (SSSR count). The summed E-state index contributed by atoms with van der Waals surface area (Å²) in [6.07, 6.45) is 0.433. The Morgan fingerprint density at radius 2 is 1.62 bits per heavy atom. The number of hydrogen-bond acceptors (Lipinski definition) is 3. The summed E-state index contributed by atoms with van der Waals surface area (Å²) in [6, 6.07) is 14.2. The quantitative estimate of drug-likeness (QED) is 0.833. The van der Waals surface area contributed by atoms with Gasteiger partial charge >= 0.3 is 0 Å². The fourth-order valence-electron chi connectivity index (χ4n) is 1.90. The van der Waals surface area contributed by atoms with Crippen molar-refractivity contribution < 1.29 is 19.0 Å². The molecule has 1 atom stereocenters. The Labute approximate surface area is 124 Å². The van der Waals surface area contributed by atoms with Crippen LogP contribution in [-0.2, 0) is 22.4 Å². The maximum Gasteiger partial charge on any atom is 0.218 e. The van der Waals surface area contributed by atoms with Crippen LogP contribution in [0.25, 0.3) is 0 Å². The Morgan fingerprint density at radius 1 is 1.05 bits per heavy atom. The maximum atomic E-state index is 11.0. The first-order valence-electron chi connectivity index (χ1n) is 6.58. The smallest absolute Gasteiger partial charge is 0.218 e. The molecule has 2 aromatic rings. The Bertz CT molecular complexity index is 632. The van der Waals surface area contributed by atoms with E-state index in [1.807, 2.05) is 24.3 Å². The van der Waals surface area contributed by atoms with Gasteiger partial charge in [0.2, 0.25) is 8.03 Å². The molecule has 0 amide bonds. The monoisotopic (exact) mass is 304 g/mol. The van der Waals surface area contributed by atoms with Gasteiger partial charge in [0.15, 0.2) is 0 Å². The first-order valence-corrected chi connectivity index (χ1v) is 7.93. The molecule has 21 heavy (non-hydrogen) atoms. The zero-order valence-corrected chi connectivity index (χ0v) is 12.7. The van der Waals surface area contributed by atoms with E-state index in [9.17, 15) is 9.36 Å². The number of Topliss-reactive ketones (excluding diaryl/α,β-unsaturated/α-hetero) is 1. The van der Waals surface area contributed by atoms with E-state index < -0.39 is 8.03 Å². The second-order valence-corrected chi connectivity index (χ2v) is 6.00. The molecule has 0 heterocycles. The van der Waals surface area contributed by atoms with Crippen molar-refractivity contribution >= 4 is 19.1 Å². The van der Waals surface area contributed by atoms with Crippen LogP contribution < -0.4 is 10.0 Å². The van der Waals surface area contributed by atoms with Gasteiger partial charge in [0.25, 0.3) is 0 Å². The second-order valence-electron chi connectivity index (χ2n) is 4.81. The minimum absolute atomic E-state index is 0.131. The molecule has 110 valence electrons. The van der Waals surface area contributed by atoms with E-state index in [-0.39, 0.29) is 5.78 Å². The van der Waals surface area contributed by atoms with Gasteiger partial charge in [-0.25, -0.2) is 0 Å². The highest BCUT2D eigenvalue weighted by Crippen LogP contribution is 2.16.